The van der Waals surface area contributed by atoms with Crippen molar-refractivity contribution in [1.29, 1.82) is 0 Å². The standard InChI is InChI=1S/C38H35N3O4S/c1-4-27-12-8-9-26(3)36(27)41-35(42)24-46-32-20-17-30(18-21-32)39-38(44)33(40-37(43)29-10-6-5-7-11-29)23-31-19-22-34(45-31)28-15-13-25(2)14-16-28/h5-23H,4,24H2,1-3H3,(H,39,44)(H,40,43)(H,41,42). The first kappa shape index (κ1) is 32.1. The van der Waals surface area contributed by atoms with Crippen molar-refractivity contribution in [2.24, 2.45) is 0 Å². The number of carbonyl (C=O) groups is 3. The van der Waals surface area contributed by atoms with Gasteiger partial charge in [-0.05, 0) is 79.9 Å². The van der Waals surface area contributed by atoms with Gasteiger partial charge < -0.3 is 20.4 Å². The van der Waals surface area contributed by atoms with Crippen LogP contribution in [0.15, 0.2) is 124 Å². The quantitative estimate of drug-likeness (QED) is 0.101. The number of hydrogen-bond donors (Lipinski definition) is 3. The van der Waals surface area contributed by atoms with Gasteiger partial charge in [0.25, 0.3) is 11.8 Å². The van der Waals surface area contributed by atoms with Crippen LogP contribution >= 0.6 is 11.8 Å². The van der Waals surface area contributed by atoms with Crippen molar-refractivity contribution in [2.75, 3.05) is 16.4 Å². The molecule has 0 bridgehead atoms. The van der Waals surface area contributed by atoms with Crippen LogP contribution in [0.4, 0.5) is 11.4 Å². The summed E-state index contributed by atoms with van der Waals surface area (Å²) in [6.07, 6.45) is 2.34. The first-order valence-electron chi connectivity index (χ1n) is 15.0. The van der Waals surface area contributed by atoms with E-state index in [-0.39, 0.29) is 17.4 Å². The lowest BCUT2D eigenvalue weighted by Crippen LogP contribution is -2.30. The van der Waals surface area contributed by atoms with Gasteiger partial charge in [0.15, 0.2) is 0 Å². The first-order valence-corrected chi connectivity index (χ1v) is 15.9. The molecule has 3 amide bonds. The van der Waals surface area contributed by atoms with E-state index in [1.165, 1.54) is 17.8 Å². The van der Waals surface area contributed by atoms with E-state index in [1.807, 2.05) is 80.6 Å². The van der Waals surface area contributed by atoms with Gasteiger partial charge >= 0.3 is 0 Å². The van der Waals surface area contributed by atoms with E-state index in [2.05, 4.69) is 22.9 Å². The van der Waals surface area contributed by atoms with Crippen LogP contribution in [-0.4, -0.2) is 23.5 Å². The zero-order valence-electron chi connectivity index (χ0n) is 25.9. The summed E-state index contributed by atoms with van der Waals surface area (Å²) in [5.74, 6) is 0.285. The lowest BCUT2D eigenvalue weighted by atomic mass is 10.1. The van der Waals surface area contributed by atoms with Gasteiger partial charge in [0, 0.05) is 33.5 Å². The molecule has 0 radical (unpaired) electrons. The molecule has 232 valence electrons. The Morgan fingerprint density at radius 1 is 0.783 bits per heavy atom. The van der Waals surface area contributed by atoms with Crippen molar-refractivity contribution < 1.29 is 18.8 Å². The second kappa shape index (κ2) is 15.1. The SMILES string of the molecule is CCc1cccc(C)c1NC(=O)CSc1ccc(NC(=O)C(=Cc2ccc(-c3ccc(C)cc3)o2)NC(=O)c2ccccc2)cc1. The first-order chi connectivity index (χ1) is 22.3. The molecule has 7 nitrogen and oxygen atoms in total. The van der Waals surface area contributed by atoms with Crippen LogP contribution in [0.1, 0.15) is 39.7 Å². The lowest BCUT2D eigenvalue weighted by molar-refractivity contribution is -0.114. The average molecular weight is 630 g/mol. The minimum atomic E-state index is -0.512. The molecule has 1 aromatic heterocycles. The molecule has 8 heteroatoms. The van der Waals surface area contributed by atoms with Gasteiger partial charge in [-0.3, -0.25) is 14.4 Å². The molecule has 0 fully saturated rings. The molecule has 3 N–H and O–H groups in total. The van der Waals surface area contributed by atoms with Gasteiger partial charge in [-0.15, -0.1) is 11.8 Å². The summed E-state index contributed by atoms with van der Waals surface area (Å²) in [7, 11) is 0. The Kier molecular flexibility index (Phi) is 10.5. The predicted octanol–water partition coefficient (Wildman–Crippen LogP) is 8.27. The minimum Gasteiger partial charge on any atom is -0.457 e. The van der Waals surface area contributed by atoms with Crippen LogP contribution in [0.5, 0.6) is 0 Å². The maximum Gasteiger partial charge on any atom is 0.272 e. The number of hydrogen-bond acceptors (Lipinski definition) is 5. The Labute approximate surface area is 273 Å². The highest BCUT2D eigenvalue weighted by molar-refractivity contribution is 8.00. The molecule has 46 heavy (non-hydrogen) atoms. The van der Waals surface area contributed by atoms with Gasteiger partial charge in [0.05, 0.1) is 5.75 Å². The number of carbonyl (C=O) groups excluding carboxylic acids is 3. The number of furan rings is 1. The number of amides is 3. The lowest BCUT2D eigenvalue weighted by Gasteiger charge is -2.13. The highest BCUT2D eigenvalue weighted by atomic mass is 32.2. The largest absolute Gasteiger partial charge is 0.457 e. The van der Waals surface area contributed by atoms with Crippen LogP contribution in [-0.2, 0) is 16.0 Å². The zero-order valence-corrected chi connectivity index (χ0v) is 26.7. The summed E-state index contributed by atoms with van der Waals surface area (Å²) in [4.78, 5) is 40.0. The molecule has 5 aromatic rings. The third-order valence-electron chi connectivity index (χ3n) is 7.26. The molecule has 0 saturated carbocycles. The Bertz CT molecular complexity index is 1860. The van der Waals surface area contributed by atoms with E-state index in [1.54, 1.807) is 42.5 Å². The van der Waals surface area contributed by atoms with Gasteiger partial charge in [0.2, 0.25) is 5.91 Å². The van der Waals surface area contributed by atoms with Crippen LogP contribution in [0.2, 0.25) is 0 Å². The van der Waals surface area contributed by atoms with Gasteiger partial charge in [-0.25, -0.2) is 0 Å². The molecule has 0 atom stereocenters. The third kappa shape index (κ3) is 8.43. The van der Waals surface area contributed by atoms with Crippen LogP contribution < -0.4 is 16.0 Å². The fourth-order valence-corrected chi connectivity index (χ4v) is 5.45. The molecule has 0 spiro atoms. The monoisotopic (exact) mass is 629 g/mol. The van der Waals surface area contributed by atoms with E-state index in [0.717, 1.165) is 39.3 Å². The molecular formula is C38H35N3O4S. The molecular weight excluding hydrogens is 595 g/mol. The fraction of sp³-hybridized carbons (Fsp3) is 0.132. The van der Waals surface area contributed by atoms with Gasteiger partial charge in [0.1, 0.15) is 17.2 Å². The number of nitrogens with one attached hydrogen (secondary N) is 3. The van der Waals surface area contributed by atoms with Crippen molar-refractivity contribution in [3.8, 4) is 11.3 Å². The topological polar surface area (TPSA) is 100 Å². The van der Waals surface area contributed by atoms with Crippen molar-refractivity contribution in [1.82, 2.24) is 5.32 Å². The van der Waals surface area contributed by atoms with Crippen molar-refractivity contribution in [3.05, 3.63) is 143 Å². The van der Waals surface area contributed by atoms with Crippen LogP contribution in [0.3, 0.4) is 0 Å². The van der Waals surface area contributed by atoms with E-state index in [0.29, 0.717) is 22.8 Å². The van der Waals surface area contributed by atoms with Gasteiger partial charge in [-0.2, -0.15) is 0 Å². The number of thioether (sulfide) groups is 1. The Morgan fingerprint density at radius 2 is 1.52 bits per heavy atom. The van der Waals surface area contributed by atoms with Crippen molar-refractivity contribution in [3.63, 3.8) is 0 Å². The summed E-state index contributed by atoms with van der Waals surface area (Å²) < 4.78 is 6.00. The zero-order chi connectivity index (χ0) is 32.5. The molecule has 5 rings (SSSR count). The second-order valence-electron chi connectivity index (χ2n) is 10.7. The van der Waals surface area contributed by atoms with E-state index in [4.69, 9.17) is 4.42 Å². The smallest absolute Gasteiger partial charge is 0.272 e. The Balaban J connectivity index is 1.26. The minimum absolute atomic E-state index is 0.0245. The molecule has 0 unspecified atom stereocenters. The summed E-state index contributed by atoms with van der Waals surface area (Å²) in [5.41, 5.74) is 6.02. The summed E-state index contributed by atoms with van der Waals surface area (Å²) in [6, 6.07) is 33.4. The summed E-state index contributed by atoms with van der Waals surface area (Å²) in [5, 5.41) is 8.64. The van der Waals surface area contributed by atoms with E-state index < -0.39 is 11.8 Å². The third-order valence-corrected chi connectivity index (χ3v) is 8.28. The second-order valence-corrected chi connectivity index (χ2v) is 11.8. The Morgan fingerprint density at radius 3 is 2.24 bits per heavy atom. The number of aryl methyl sites for hydroxylation is 3. The van der Waals surface area contributed by atoms with Crippen molar-refractivity contribution in [2.45, 2.75) is 32.1 Å². The molecule has 0 aliphatic heterocycles. The maximum atomic E-state index is 13.5. The molecule has 0 saturated heterocycles. The highest BCUT2D eigenvalue weighted by Crippen LogP contribution is 2.26. The predicted molar refractivity (Wildman–Crippen MR) is 186 cm³/mol. The summed E-state index contributed by atoms with van der Waals surface area (Å²) in [6.45, 7) is 6.07. The normalized spacial score (nSPS) is 11.2. The van der Waals surface area contributed by atoms with E-state index in [9.17, 15) is 14.4 Å². The Hall–Kier alpha value is -5.34. The number of rotatable bonds is 11. The molecule has 0 aliphatic carbocycles. The average Bonchev–Trinajstić information content (AvgIpc) is 3.54. The van der Waals surface area contributed by atoms with Crippen LogP contribution in [0.25, 0.3) is 17.4 Å². The van der Waals surface area contributed by atoms with Gasteiger partial charge in [-0.1, -0.05) is 73.2 Å². The van der Waals surface area contributed by atoms with Crippen LogP contribution in [0, 0.1) is 13.8 Å². The maximum absolute atomic E-state index is 13.5. The number of anilines is 2. The highest BCUT2D eigenvalue weighted by Gasteiger charge is 2.17. The van der Waals surface area contributed by atoms with E-state index >= 15 is 0 Å². The fourth-order valence-electron chi connectivity index (χ4n) is 4.75. The number of para-hydroxylation sites is 1. The van der Waals surface area contributed by atoms with Crippen molar-refractivity contribution >= 4 is 46.9 Å². The molecule has 4 aromatic carbocycles. The molecule has 1 heterocycles. The summed E-state index contributed by atoms with van der Waals surface area (Å²) >= 11 is 1.40. The number of benzene rings is 4. The molecule has 0 aliphatic rings.